The Balaban J connectivity index is 2.49. The Morgan fingerprint density at radius 1 is 1.50 bits per heavy atom. The SMILES string of the molecule is [N-]=[N+]=NC(CO)c1cc2cc(Cl)ccc2[nH]1. The Morgan fingerprint density at radius 2 is 2.31 bits per heavy atom. The van der Waals surface area contributed by atoms with Gasteiger partial charge in [0.2, 0.25) is 0 Å². The molecule has 82 valence electrons. The van der Waals surface area contributed by atoms with Crippen LogP contribution in [-0.2, 0) is 0 Å². The molecule has 0 spiro atoms. The van der Waals surface area contributed by atoms with Crippen LogP contribution in [0.3, 0.4) is 0 Å². The molecule has 16 heavy (non-hydrogen) atoms. The number of halogens is 1. The van der Waals surface area contributed by atoms with Crippen LogP contribution in [0.25, 0.3) is 21.3 Å². The first-order valence-corrected chi connectivity index (χ1v) is 5.05. The van der Waals surface area contributed by atoms with Gasteiger partial charge in [-0.15, -0.1) is 0 Å². The van der Waals surface area contributed by atoms with Crippen LogP contribution in [0.5, 0.6) is 0 Å². The highest BCUT2D eigenvalue weighted by molar-refractivity contribution is 6.31. The molecule has 0 saturated heterocycles. The minimum Gasteiger partial charge on any atom is -0.396 e. The highest BCUT2D eigenvalue weighted by atomic mass is 35.5. The van der Waals surface area contributed by atoms with E-state index in [1.165, 1.54) is 0 Å². The summed E-state index contributed by atoms with van der Waals surface area (Å²) >= 11 is 5.86. The molecule has 5 nitrogen and oxygen atoms in total. The van der Waals surface area contributed by atoms with Gasteiger partial charge < -0.3 is 10.1 Å². The quantitative estimate of drug-likeness (QED) is 0.479. The number of fused-ring (bicyclic) bond motifs is 1. The summed E-state index contributed by atoms with van der Waals surface area (Å²) in [5.74, 6) is 0. The van der Waals surface area contributed by atoms with Crippen LogP contribution < -0.4 is 0 Å². The monoisotopic (exact) mass is 236 g/mol. The molecule has 2 rings (SSSR count). The minimum atomic E-state index is -0.587. The van der Waals surface area contributed by atoms with Gasteiger partial charge in [0.1, 0.15) is 6.04 Å². The lowest BCUT2D eigenvalue weighted by atomic mass is 10.2. The molecule has 0 saturated carbocycles. The van der Waals surface area contributed by atoms with E-state index in [2.05, 4.69) is 15.0 Å². The Bertz CT molecular complexity index is 559. The molecule has 6 heteroatoms. The molecule has 0 bridgehead atoms. The second-order valence-electron chi connectivity index (χ2n) is 3.36. The average molecular weight is 237 g/mol. The van der Waals surface area contributed by atoms with E-state index in [4.69, 9.17) is 22.2 Å². The Labute approximate surface area is 96.3 Å². The van der Waals surface area contributed by atoms with Gasteiger partial charge in [-0.3, -0.25) is 0 Å². The Hall–Kier alpha value is -1.68. The van der Waals surface area contributed by atoms with Crippen molar-refractivity contribution in [3.8, 4) is 0 Å². The summed E-state index contributed by atoms with van der Waals surface area (Å²) in [6, 6.07) is 6.64. The zero-order valence-electron chi connectivity index (χ0n) is 8.26. The molecule has 0 aliphatic carbocycles. The average Bonchev–Trinajstić information content (AvgIpc) is 2.68. The van der Waals surface area contributed by atoms with Crippen LogP contribution in [0, 0.1) is 0 Å². The van der Waals surface area contributed by atoms with Crippen LogP contribution in [0.1, 0.15) is 11.7 Å². The highest BCUT2D eigenvalue weighted by Gasteiger charge is 2.11. The highest BCUT2D eigenvalue weighted by Crippen LogP contribution is 2.24. The van der Waals surface area contributed by atoms with E-state index in [0.29, 0.717) is 10.7 Å². The van der Waals surface area contributed by atoms with Gasteiger partial charge in [-0.25, -0.2) is 0 Å². The second-order valence-corrected chi connectivity index (χ2v) is 3.80. The zero-order chi connectivity index (χ0) is 11.5. The third kappa shape index (κ3) is 1.97. The van der Waals surface area contributed by atoms with Crippen molar-refractivity contribution in [3.05, 3.63) is 45.4 Å². The van der Waals surface area contributed by atoms with E-state index in [1.807, 2.05) is 12.1 Å². The summed E-state index contributed by atoms with van der Waals surface area (Å²) in [6.45, 7) is -0.232. The molecule has 0 amide bonds. The maximum Gasteiger partial charge on any atom is 0.101 e. The van der Waals surface area contributed by atoms with Crippen LogP contribution in [0.2, 0.25) is 5.02 Å². The normalized spacial score (nSPS) is 12.4. The molecule has 1 aromatic carbocycles. The van der Waals surface area contributed by atoms with Crippen LogP contribution in [-0.4, -0.2) is 16.7 Å². The van der Waals surface area contributed by atoms with E-state index >= 15 is 0 Å². The van der Waals surface area contributed by atoms with E-state index < -0.39 is 6.04 Å². The van der Waals surface area contributed by atoms with Crippen molar-refractivity contribution < 1.29 is 5.11 Å². The van der Waals surface area contributed by atoms with Crippen molar-refractivity contribution in [1.29, 1.82) is 0 Å². The number of H-pyrrole nitrogens is 1. The number of aromatic amines is 1. The lowest BCUT2D eigenvalue weighted by Crippen LogP contribution is -1.99. The molecule has 1 atom stereocenters. The van der Waals surface area contributed by atoms with Gasteiger partial charge in [0.05, 0.1) is 6.61 Å². The van der Waals surface area contributed by atoms with Crippen LogP contribution in [0.4, 0.5) is 0 Å². The number of aromatic nitrogens is 1. The lowest BCUT2D eigenvalue weighted by molar-refractivity contribution is 0.266. The maximum atomic E-state index is 9.08. The van der Waals surface area contributed by atoms with Gasteiger partial charge >= 0.3 is 0 Å². The first-order valence-electron chi connectivity index (χ1n) is 4.68. The number of benzene rings is 1. The fourth-order valence-corrected chi connectivity index (χ4v) is 1.75. The second kappa shape index (κ2) is 4.45. The predicted molar refractivity (Wildman–Crippen MR) is 62.3 cm³/mol. The van der Waals surface area contributed by atoms with Gasteiger partial charge in [-0.05, 0) is 29.8 Å². The molecule has 2 N–H and O–H groups in total. The molecule has 1 unspecified atom stereocenters. The molecule has 1 aromatic heterocycles. The van der Waals surface area contributed by atoms with Gasteiger partial charge in [0, 0.05) is 26.5 Å². The van der Waals surface area contributed by atoms with Crippen LogP contribution in [0.15, 0.2) is 29.4 Å². The zero-order valence-corrected chi connectivity index (χ0v) is 9.02. The smallest absolute Gasteiger partial charge is 0.101 e. The fraction of sp³-hybridized carbons (Fsp3) is 0.200. The van der Waals surface area contributed by atoms with Crippen molar-refractivity contribution in [1.82, 2.24) is 4.98 Å². The van der Waals surface area contributed by atoms with Gasteiger partial charge in [-0.1, -0.05) is 16.7 Å². The van der Waals surface area contributed by atoms with Crippen LogP contribution >= 0.6 is 11.6 Å². The molecule has 0 aliphatic heterocycles. The van der Waals surface area contributed by atoms with Crippen molar-refractivity contribution in [2.75, 3.05) is 6.61 Å². The summed E-state index contributed by atoms with van der Waals surface area (Å²) < 4.78 is 0. The maximum absolute atomic E-state index is 9.08. The Kier molecular flexibility index (Phi) is 3.01. The first kappa shape index (κ1) is 10.8. The molecule has 1 heterocycles. The summed E-state index contributed by atoms with van der Waals surface area (Å²) in [5, 5.41) is 14.1. The number of aliphatic hydroxyl groups excluding tert-OH is 1. The van der Waals surface area contributed by atoms with E-state index in [1.54, 1.807) is 12.1 Å². The van der Waals surface area contributed by atoms with Crippen molar-refractivity contribution in [2.24, 2.45) is 5.11 Å². The molecule has 0 fully saturated rings. The molecule has 0 radical (unpaired) electrons. The summed E-state index contributed by atoms with van der Waals surface area (Å²) in [5.41, 5.74) is 9.93. The molecule has 0 aliphatic rings. The topological polar surface area (TPSA) is 84.8 Å². The standard InChI is InChI=1S/C10H9ClN4O/c11-7-1-2-8-6(3-7)4-9(13-8)10(5-16)14-15-12/h1-4,10,13,16H,5H2. The predicted octanol–water partition coefficient (Wildman–Crippen LogP) is 3.17. The van der Waals surface area contributed by atoms with Crippen molar-refractivity contribution in [3.63, 3.8) is 0 Å². The lowest BCUT2D eigenvalue weighted by Gasteiger charge is -2.02. The van der Waals surface area contributed by atoms with Gasteiger partial charge in [0.15, 0.2) is 0 Å². The number of hydrogen-bond donors (Lipinski definition) is 2. The largest absolute Gasteiger partial charge is 0.396 e. The number of rotatable bonds is 3. The van der Waals surface area contributed by atoms with E-state index in [9.17, 15) is 0 Å². The number of azide groups is 1. The number of aliphatic hydroxyl groups is 1. The van der Waals surface area contributed by atoms with E-state index in [-0.39, 0.29) is 6.61 Å². The fourth-order valence-electron chi connectivity index (χ4n) is 1.56. The van der Waals surface area contributed by atoms with Gasteiger partial charge in [-0.2, -0.15) is 0 Å². The summed E-state index contributed by atoms with van der Waals surface area (Å²) in [7, 11) is 0. The summed E-state index contributed by atoms with van der Waals surface area (Å²) in [6.07, 6.45) is 0. The Morgan fingerprint density at radius 3 is 3.00 bits per heavy atom. The van der Waals surface area contributed by atoms with Crippen molar-refractivity contribution in [2.45, 2.75) is 6.04 Å². The molecule has 2 aromatic rings. The first-order chi connectivity index (χ1) is 7.74. The molecular weight excluding hydrogens is 228 g/mol. The van der Waals surface area contributed by atoms with E-state index in [0.717, 1.165) is 10.9 Å². The third-order valence-corrected chi connectivity index (χ3v) is 2.56. The minimum absolute atomic E-state index is 0.232. The number of nitrogens with zero attached hydrogens (tertiary/aromatic N) is 3. The number of nitrogens with one attached hydrogen (secondary N) is 1. The molecular formula is C10H9ClN4O. The van der Waals surface area contributed by atoms with Crippen molar-refractivity contribution >= 4 is 22.5 Å². The summed E-state index contributed by atoms with van der Waals surface area (Å²) in [4.78, 5) is 5.77. The van der Waals surface area contributed by atoms with Gasteiger partial charge in [0.25, 0.3) is 0 Å². The third-order valence-electron chi connectivity index (χ3n) is 2.33. The number of hydrogen-bond acceptors (Lipinski definition) is 2.